The number of ether oxygens (including phenoxy) is 2. The molecule has 0 spiro atoms. The van der Waals surface area contributed by atoms with Crippen molar-refractivity contribution < 1.29 is 18.7 Å². The minimum absolute atomic E-state index is 0.160. The Labute approximate surface area is 237 Å². The standard InChI is InChI=1S/C33H27FN2O3S/c1-3-10-25-19-24(20-29(38-2)31(25)39-22-23-15-17-26(34)18-16-23)21-30-32(37)36(28-13-8-5-9-14-28)33(40-30)35-27-11-6-4-7-12-27/h3-9,11-21H,1,10,22H2,2H3/b30-21+,35-33?. The molecule has 4 aromatic carbocycles. The van der Waals surface area contributed by atoms with Crippen molar-refractivity contribution in [2.75, 3.05) is 12.0 Å². The summed E-state index contributed by atoms with van der Waals surface area (Å²) in [6.45, 7) is 4.14. The van der Waals surface area contributed by atoms with Crippen LogP contribution in [0.25, 0.3) is 6.08 Å². The molecule has 5 nitrogen and oxygen atoms in total. The zero-order chi connectivity index (χ0) is 27.9. The molecule has 7 heteroatoms. The molecular weight excluding hydrogens is 523 g/mol. The number of carbonyl (C=O) groups excluding carboxylic acids is 1. The van der Waals surface area contributed by atoms with E-state index in [-0.39, 0.29) is 18.3 Å². The van der Waals surface area contributed by atoms with Gasteiger partial charge in [-0.1, -0.05) is 54.6 Å². The van der Waals surface area contributed by atoms with Gasteiger partial charge in [0.2, 0.25) is 0 Å². The maximum Gasteiger partial charge on any atom is 0.271 e. The van der Waals surface area contributed by atoms with Gasteiger partial charge in [0, 0.05) is 5.56 Å². The first-order valence-corrected chi connectivity index (χ1v) is 13.5. The van der Waals surface area contributed by atoms with E-state index in [2.05, 4.69) is 6.58 Å². The van der Waals surface area contributed by atoms with E-state index in [9.17, 15) is 9.18 Å². The lowest BCUT2D eigenvalue weighted by atomic mass is 10.0. The maximum atomic E-state index is 13.7. The highest BCUT2D eigenvalue weighted by Crippen LogP contribution is 2.39. The van der Waals surface area contributed by atoms with Gasteiger partial charge in [0.15, 0.2) is 16.7 Å². The largest absolute Gasteiger partial charge is 0.493 e. The van der Waals surface area contributed by atoms with Gasteiger partial charge >= 0.3 is 0 Å². The Hall–Kier alpha value is -4.62. The Morgan fingerprint density at radius 3 is 2.35 bits per heavy atom. The summed E-state index contributed by atoms with van der Waals surface area (Å²) in [6.07, 6.45) is 4.16. The van der Waals surface area contributed by atoms with Crippen LogP contribution in [-0.2, 0) is 17.8 Å². The van der Waals surface area contributed by atoms with Gasteiger partial charge in [-0.05, 0) is 83.9 Å². The van der Waals surface area contributed by atoms with Crippen LogP contribution in [0.4, 0.5) is 15.8 Å². The molecule has 0 aliphatic carbocycles. The van der Waals surface area contributed by atoms with Crippen molar-refractivity contribution in [1.82, 2.24) is 0 Å². The first kappa shape index (κ1) is 27.0. The normalized spacial score (nSPS) is 15.1. The van der Waals surface area contributed by atoms with Crippen LogP contribution in [0, 0.1) is 5.82 Å². The summed E-state index contributed by atoms with van der Waals surface area (Å²) in [6, 6.07) is 29.0. The Balaban J connectivity index is 1.50. The van der Waals surface area contributed by atoms with Crippen LogP contribution in [0.2, 0.25) is 0 Å². The zero-order valence-electron chi connectivity index (χ0n) is 21.9. The SMILES string of the molecule is C=CCc1cc(/C=C2/SC(=Nc3ccccc3)N(c3ccccc3)C2=O)cc(OC)c1OCc1ccc(F)cc1. The van der Waals surface area contributed by atoms with Gasteiger partial charge in [-0.15, -0.1) is 6.58 Å². The predicted octanol–water partition coefficient (Wildman–Crippen LogP) is 7.95. The fraction of sp³-hybridized carbons (Fsp3) is 0.0909. The topological polar surface area (TPSA) is 51.1 Å². The summed E-state index contributed by atoms with van der Waals surface area (Å²) in [5.41, 5.74) is 3.98. The third-order valence-electron chi connectivity index (χ3n) is 6.13. The molecule has 1 heterocycles. The first-order valence-electron chi connectivity index (χ1n) is 12.7. The maximum absolute atomic E-state index is 13.7. The molecule has 4 aromatic rings. The summed E-state index contributed by atoms with van der Waals surface area (Å²) >= 11 is 1.32. The van der Waals surface area contributed by atoms with Gasteiger partial charge in [-0.2, -0.15) is 0 Å². The van der Waals surface area contributed by atoms with Crippen LogP contribution in [0.3, 0.4) is 0 Å². The number of amidine groups is 1. The molecule has 5 rings (SSSR count). The van der Waals surface area contributed by atoms with Crippen LogP contribution in [-0.4, -0.2) is 18.2 Å². The van der Waals surface area contributed by atoms with Crippen molar-refractivity contribution in [2.24, 2.45) is 4.99 Å². The minimum atomic E-state index is -0.298. The number of anilines is 1. The molecule has 1 amide bonds. The second-order valence-electron chi connectivity index (χ2n) is 8.94. The molecule has 0 radical (unpaired) electrons. The lowest BCUT2D eigenvalue weighted by molar-refractivity contribution is -0.113. The molecule has 0 bridgehead atoms. The number of allylic oxidation sites excluding steroid dienone is 1. The van der Waals surface area contributed by atoms with E-state index in [1.807, 2.05) is 78.9 Å². The van der Waals surface area contributed by atoms with Gasteiger partial charge in [-0.25, -0.2) is 9.38 Å². The Kier molecular flexibility index (Phi) is 8.42. The molecular formula is C33H27FN2O3S. The molecule has 0 N–H and O–H groups in total. The Bertz CT molecular complexity index is 1570. The quantitative estimate of drug-likeness (QED) is 0.157. The minimum Gasteiger partial charge on any atom is -0.493 e. The summed E-state index contributed by atoms with van der Waals surface area (Å²) in [4.78, 5) is 20.6. The van der Waals surface area contributed by atoms with Gasteiger partial charge < -0.3 is 9.47 Å². The van der Waals surface area contributed by atoms with Crippen molar-refractivity contribution in [3.8, 4) is 11.5 Å². The van der Waals surface area contributed by atoms with Gasteiger partial charge in [0.05, 0.1) is 23.4 Å². The van der Waals surface area contributed by atoms with E-state index in [1.54, 1.807) is 30.2 Å². The molecule has 1 fully saturated rings. The highest BCUT2D eigenvalue weighted by molar-refractivity contribution is 8.19. The summed E-state index contributed by atoms with van der Waals surface area (Å²) in [5.74, 6) is 0.651. The fourth-order valence-electron chi connectivity index (χ4n) is 4.24. The number of hydrogen-bond acceptors (Lipinski definition) is 5. The van der Waals surface area contributed by atoms with E-state index < -0.39 is 0 Å². The summed E-state index contributed by atoms with van der Waals surface area (Å²) < 4.78 is 25.1. The van der Waals surface area contributed by atoms with Gasteiger partial charge in [0.25, 0.3) is 5.91 Å². The first-order chi connectivity index (χ1) is 19.6. The third kappa shape index (κ3) is 6.16. The smallest absolute Gasteiger partial charge is 0.271 e. The number of amides is 1. The predicted molar refractivity (Wildman–Crippen MR) is 161 cm³/mol. The van der Waals surface area contributed by atoms with Crippen molar-refractivity contribution in [3.63, 3.8) is 0 Å². The molecule has 0 unspecified atom stereocenters. The lowest BCUT2D eigenvalue weighted by Crippen LogP contribution is -2.28. The molecule has 0 aromatic heterocycles. The number of carbonyl (C=O) groups is 1. The second kappa shape index (κ2) is 12.5. The molecule has 0 atom stereocenters. The van der Waals surface area contributed by atoms with E-state index >= 15 is 0 Å². The van der Waals surface area contributed by atoms with Gasteiger partial charge in [0.1, 0.15) is 12.4 Å². The highest BCUT2D eigenvalue weighted by atomic mass is 32.2. The number of para-hydroxylation sites is 2. The van der Waals surface area contributed by atoms with Crippen LogP contribution in [0.15, 0.2) is 120 Å². The average Bonchev–Trinajstić information content (AvgIpc) is 3.28. The van der Waals surface area contributed by atoms with E-state index in [1.165, 1.54) is 23.9 Å². The number of methoxy groups -OCH3 is 1. The highest BCUT2D eigenvalue weighted by Gasteiger charge is 2.34. The zero-order valence-corrected chi connectivity index (χ0v) is 22.7. The molecule has 0 saturated carbocycles. The number of thioether (sulfide) groups is 1. The van der Waals surface area contributed by atoms with Crippen molar-refractivity contribution in [2.45, 2.75) is 13.0 Å². The van der Waals surface area contributed by atoms with Crippen molar-refractivity contribution in [3.05, 3.63) is 137 Å². The van der Waals surface area contributed by atoms with Crippen LogP contribution >= 0.6 is 11.8 Å². The summed E-state index contributed by atoms with van der Waals surface area (Å²) in [7, 11) is 1.58. The molecule has 1 aliphatic rings. The number of nitrogens with zero attached hydrogens (tertiary/aromatic N) is 2. The van der Waals surface area contributed by atoms with Crippen molar-refractivity contribution >= 4 is 40.3 Å². The van der Waals surface area contributed by atoms with E-state index in [4.69, 9.17) is 14.5 Å². The number of halogens is 1. The fourth-order valence-corrected chi connectivity index (χ4v) is 5.24. The third-order valence-corrected chi connectivity index (χ3v) is 7.10. The van der Waals surface area contributed by atoms with E-state index in [0.29, 0.717) is 28.0 Å². The van der Waals surface area contributed by atoms with E-state index in [0.717, 1.165) is 28.1 Å². The average molecular weight is 551 g/mol. The number of aliphatic imine (C=N–C) groups is 1. The van der Waals surface area contributed by atoms with Crippen LogP contribution in [0.1, 0.15) is 16.7 Å². The van der Waals surface area contributed by atoms with Crippen LogP contribution in [0.5, 0.6) is 11.5 Å². The molecule has 40 heavy (non-hydrogen) atoms. The van der Waals surface area contributed by atoms with Crippen LogP contribution < -0.4 is 14.4 Å². The molecule has 200 valence electrons. The second-order valence-corrected chi connectivity index (χ2v) is 9.95. The van der Waals surface area contributed by atoms with Crippen molar-refractivity contribution in [1.29, 1.82) is 0 Å². The number of hydrogen-bond donors (Lipinski definition) is 0. The van der Waals surface area contributed by atoms with Gasteiger partial charge in [-0.3, -0.25) is 9.69 Å². The summed E-state index contributed by atoms with van der Waals surface area (Å²) in [5, 5.41) is 0.575. The number of benzene rings is 4. The lowest BCUT2D eigenvalue weighted by Gasteiger charge is -2.16. The Morgan fingerprint density at radius 2 is 1.68 bits per heavy atom. The number of rotatable bonds is 9. The molecule has 1 saturated heterocycles. The monoisotopic (exact) mass is 550 g/mol. The molecule has 1 aliphatic heterocycles. The Morgan fingerprint density at radius 1 is 0.975 bits per heavy atom.